The van der Waals surface area contributed by atoms with E-state index in [1.54, 1.807) is 42.7 Å². The second-order valence-corrected chi connectivity index (χ2v) is 8.28. The summed E-state index contributed by atoms with van der Waals surface area (Å²) in [6.07, 6.45) is 6.54. The van der Waals surface area contributed by atoms with Crippen LogP contribution in [0.25, 0.3) is 5.76 Å². The van der Waals surface area contributed by atoms with Gasteiger partial charge in [-0.3, -0.25) is 14.6 Å². The van der Waals surface area contributed by atoms with Crippen LogP contribution in [0.1, 0.15) is 48.9 Å². The summed E-state index contributed by atoms with van der Waals surface area (Å²) in [6.45, 7) is 2.98. The van der Waals surface area contributed by atoms with Crippen LogP contribution in [-0.2, 0) is 16.1 Å². The molecule has 1 fully saturated rings. The number of aliphatic hydroxyl groups excluding tert-OH is 1. The summed E-state index contributed by atoms with van der Waals surface area (Å²) < 4.78 is 5.75. The third-order valence-electron chi connectivity index (χ3n) is 5.88. The Morgan fingerprint density at radius 1 is 1.00 bits per heavy atom. The van der Waals surface area contributed by atoms with Crippen LogP contribution in [-0.4, -0.2) is 33.3 Å². The number of benzene rings is 2. The third kappa shape index (κ3) is 5.01. The Balaban J connectivity index is 1.68. The molecular weight excluding hydrogens is 428 g/mol. The number of ketones is 1. The Hall–Kier alpha value is -3.93. The molecule has 1 atom stereocenters. The number of rotatable bonds is 9. The molecule has 1 saturated heterocycles. The van der Waals surface area contributed by atoms with E-state index in [2.05, 4.69) is 11.9 Å². The first-order chi connectivity index (χ1) is 16.6. The second-order valence-electron chi connectivity index (χ2n) is 8.28. The Kier molecular flexibility index (Phi) is 7.38. The third-order valence-corrected chi connectivity index (χ3v) is 5.88. The number of hydrogen-bond donors (Lipinski definition) is 1. The SMILES string of the molecule is CCCCCOc1ccc(/C(O)=C2\C(=O)C(=O)N(Cc3cccnc3)C2c2ccccc2)cc1. The smallest absolute Gasteiger partial charge is 0.295 e. The molecule has 3 aromatic rings. The number of aliphatic hydroxyl groups is 1. The number of hydrogen-bond acceptors (Lipinski definition) is 5. The van der Waals surface area contributed by atoms with Crippen molar-refractivity contribution in [2.45, 2.75) is 38.8 Å². The van der Waals surface area contributed by atoms with E-state index in [4.69, 9.17) is 4.74 Å². The zero-order chi connectivity index (χ0) is 23.9. The summed E-state index contributed by atoms with van der Waals surface area (Å²) in [4.78, 5) is 31.8. The van der Waals surface area contributed by atoms with Gasteiger partial charge in [-0.1, -0.05) is 56.2 Å². The molecule has 1 aliphatic rings. The molecule has 1 aliphatic heterocycles. The highest BCUT2D eigenvalue weighted by atomic mass is 16.5. The largest absolute Gasteiger partial charge is 0.507 e. The van der Waals surface area contributed by atoms with Crippen LogP contribution in [0.5, 0.6) is 5.75 Å². The summed E-state index contributed by atoms with van der Waals surface area (Å²) in [6, 6.07) is 19.2. The zero-order valence-corrected chi connectivity index (χ0v) is 19.2. The topological polar surface area (TPSA) is 79.7 Å². The second kappa shape index (κ2) is 10.8. The summed E-state index contributed by atoms with van der Waals surface area (Å²) in [7, 11) is 0. The molecule has 2 aromatic carbocycles. The monoisotopic (exact) mass is 456 g/mol. The van der Waals surface area contributed by atoms with Gasteiger partial charge in [-0.25, -0.2) is 0 Å². The lowest BCUT2D eigenvalue weighted by atomic mass is 9.95. The van der Waals surface area contributed by atoms with E-state index in [1.807, 2.05) is 36.4 Å². The molecule has 6 nitrogen and oxygen atoms in total. The van der Waals surface area contributed by atoms with Gasteiger partial charge in [0.15, 0.2) is 0 Å². The van der Waals surface area contributed by atoms with Gasteiger partial charge in [-0.05, 0) is 47.9 Å². The molecule has 2 heterocycles. The predicted octanol–water partition coefficient (Wildman–Crippen LogP) is 5.27. The van der Waals surface area contributed by atoms with Gasteiger partial charge in [0.2, 0.25) is 0 Å². The summed E-state index contributed by atoms with van der Waals surface area (Å²) in [5.41, 5.74) is 2.09. The number of unbranched alkanes of at least 4 members (excludes halogenated alkanes) is 2. The van der Waals surface area contributed by atoms with E-state index < -0.39 is 17.7 Å². The lowest BCUT2D eigenvalue weighted by molar-refractivity contribution is -0.140. The number of ether oxygens (including phenoxy) is 1. The van der Waals surface area contributed by atoms with Crippen LogP contribution < -0.4 is 4.74 Å². The minimum Gasteiger partial charge on any atom is -0.507 e. The maximum absolute atomic E-state index is 13.1. The summed E-state index contributed by atoms with van der Waals surface area (Å²) in [5.74, 6) is -0.840. The van der Waals surface area contributed by atoms with Crippen LogP contribution in [0.3, 0.4) is 0 Å². The molecule has 34 heavy (non-hydrogen) atoms. The van der Waals surface area contributed by atoms with Gasteiger partial charge in [0.1, 0.15) is 11.5 Å². The number of likely N-dealkylation sites (tertiary alicyclic amines) is 1. The highest BCUT2D eigenvalue weighted by Crippen LogP contribution is 2.40. The van der Waals surface area contributed by atoms with E-state index in [0.29, 0.717) is 17.9 Å². The molecule has 0 spiro atoms. The van der Waals surface area contributed by atoms with Crippen LogP contribution in [0.15, 0.2) is 84.7 Å². The Bertz CT molecular complexity index is 1160. The molecule has 4 rings (SSSR count). The lowest BCUT2D eigenvalue weighted by Gasteiger charge is -2.25. The first kappa shape index (κ1) is 23.2. The Morgan fingerprint density at radius 3 is 2.44 bits per heavy atom. The van der Waals surface area contributed by atoms with E-state index in [0.717, 1.165) is 30.4 Å². The van der Waals surface area contributed by atoms with Crippen molar-refractivity contribution in [1.82, 2.24) is 9.88 Å². The quantitative estimate of drug-likeness (QED) is 0.205. The van der Waals surface area contributed by atoms with Crippen molar-refractivity contribution in [1.29, 1.82) is 0 Å². The van der Waals surface area contributed by atoms with E-state index in [-0.39, 0.29) is 17.9 Å². The Morgan fingerprint density at radius 2 is 1.76 bits per heavy atom. The van der Waals surface area contributed by atoms with Gasteiger partial charge in [-0.15, -0.1) is 0 Å². The highest BCUT2D eigenvalue weighted by Gasteiger charge is 2.46. The summed E-state index contributed by atoms with van der Waals surface area (Å²) in [5, 5.41) is 11.2. The van der Waals surface area contributed by atoms with Gasteiger partial charge in [0.25, 0.3) is 11.7 Å². The minimum atomic E-state index is -0.702. The van der Waals surface area contributed by atoms with Crippen molar-refractivity contribution >= 4 is 17.4 Å². The maximum Gasteiger partial charge on any atom is 0.295 e. The number of carbonyl (C=O) groups excluding carboxylic acids is 2. The molecule has 0 radical (unpaired) electrons. The molecule has 1 unspecified atom stereocenters. The van der Waals surface area contributed by atoms with E-state index in [9.17, 15) is 14.7 Å². The molecule has 0 aliphatic carbocycles. The molecular formula is C28H28N2O4. The minimum absolute atomic E-state index is 0.0803. The fourth-order valence-corrected chi connectivity index (χ4v) is 4.12. The van der Waals surface area contributed by atoms with E-state index >= 15 is 0 Å². The van der Waals surface area contributed by atoms with Gasteiger partial charge in [0, 0.05) is 24.5 Å². The number of pyridine rings is 1. The molecule has 0 saturated carbocycles. The van der Waals surface area contributed by atoms with Crippen molar-refractivity contribution in [2.75, 3.05) is 6.61 Å². The van der Waals surface area contributed by atoms with Crippen molar-refractivity contribution in [2.24, 2.45) is 0 Å². The summed E-state index contributed by atoms with van der Waals surface area (Å²) >= 11 is 0. The van der Waals surface area contributed by atoms with Gasteiger partial charge >= 0.3 is 0 Å². The van der Waals surface area contributed by atoms with Crippen LogP contribution >= 0.6 is 0 Å². The number of nitrogens with zero attached hydrogens (tertiary/aromatic N) is 2. The maximum atomic E-state index is 13.1. The van der Waals surface area contributed by atoms with Gasteiger partial charge in [-0.2, -0.15) is 0 Å². The molecule has 6 heteroatoms. The molecule has 1 N–H and O–H groups in total. The average Bonchev–Trinajstić information content (AvgIpc) is 3.12. The first-order valence-corrected chi connectivity index (χ1v) is 11.6. The van der Waals surface area contributed by atoms with Crippen LogP contribution in [0.2, 0.25) is 0 Å². The Labute approximate surface area is 199 Å². The lowest BCUT2D eigenvalue weighted by Crippen LogP contribution is -2.29. The van der Waals surface area contributed by atoms with Crippen LogP contribution in [0.4, 0.5) is 0 Å². The predicted molar refractivity (Wildman–Crippen MR) is 130 cm³/mol. The first-order valence-electron chi connectivity index (χ1n) is 11.6. The number of carbonyl (C=O) groups is 2. The highest BCUT2D eigenvalue weighted by molar-refractivity contribution is 6.46. The normalized spacial score (nSPS) is 17.2. The zero-order valence-electron chi connectivity index (χ0n) is 19.2. The van der Waals surface area contributed by atoms with Gasteiger partial charge in [0.05, 0.1) is 18.2 Å². The number of Topliss-reactive ketones (excluding diaryl/α,β-unsaturated/α-hetero) is 1. The molecule has 0 bridgehead atoms. The van der Waals surface area contributed by atoms with E-state index in [1.165, 1.54) is 4.90 Å². The van der Waals surface area contributed by atoms with Crippen molar-refractivity contribution in [3.05, 3.63) is 101 Å². The number of aromatic nitrogens is 1. The number of amides is 1. The van der Waals surface area contributed by atoms with Crippen molar-refractivity contribution in [3.8, 4) is 5.75 Å². The molecule has 1 aromatic heterocycles. The van der Waals surface area contributed by atoms with Gasteiger partial charge < -0.3 is 14.7 Å². The molecule has 174 valence electrons. The fraction of sp³-hybridized carbons (Fsp3) is 0.250. The molecule has 1 amide bonds. The van der Waals surface area contributed by atoms with Crippen LogP contribution in [0, 0.1) is 0 Å². The standard InChI is InChI=1S/C28H28N2O4/c1-2-3-7-17-34-23-14-12-22(13-15-23)26(31)24-25(21-10-5-4-6-11-21)30(28(33)27(24)32)19-20-9-8-16-29-18-20/h4-6,8-16,18,25,31H,2-3,7,17,19H2,1H3/b26-24+. The fourth-order valence-electron chi connectivity index (χ4n) is 4.12. The van der Waals surface area contributed by atoms with Crippen molar-refractivity contribution < 1.29 is 19.4 Å². The van der Waals surface area contributed by atoms with Crippen molar-refractivity contribution in [3.63, 3.8) is 0 Å². The average molecular weight is 457 g/mol.